The Hall–Kier alpha value is -0.460. The molecule has 0 aromatic heterocycles. The molecule has 0 saturated heterocycles. The molecule has 1 nitrogen and oxygen atoms in total. The second-order valence-corrected chi connectivity index (χ2v) is 3.04. The standard InChI is InChI=1S/C9H18O/c1-5-9(4)7-10-6-8(2)3/h6,9H,5,7H2,1-4H3/t9-/m1/s1. The van der Waals surface area contributed by atoms with Crippen molar-refractivity contribution < 1.29 is 4.74 Å². The molecule has 0 saturated carbocycles. The largest absolute Gasteiger partial charge is 0.501 e. The van der Waals surface area contributed by atoms with Crippen LogP contribution in [0.4, 0.5) is 0 Å². The molecule has 0 amide bonds. The monoisotopic (exact) mass is 142 g/mol. The zero-order valence-electron chi connectivity index (χ0n) is 7.48. The second-order valence-electron chi connectivity index (χ2n) is 3.04. The van der Waals surface area contributed by atoms with Crippen molar-refractivity contribution in [2.45, 2.75) is 34.1 Å². The molecule has 0 unspecified atom stereocenters. The van der Waals surface area contributed by atoms with Crippen molar-refractivity contribution in [1.29, 1.82) is 0 Å². The van der Waals surface area contributed by atoms with Gasteiger partial charge in [-0.3, -0.25) is 0 Å². The normalized spacial score (nSPS) is 12.4. The predicted octanol–water partition coefficient (Wildman–Crippen LogP) is 2.97. The van der Waals surface area contributed by atoms with Crippen LogP contribution in [0.25, 0.3) is 0 Å². The van der Waals surface area contributed by atoms with E-state index in [1.54, 1.807) is 0 Å². The zero-order valence-corrected chi connectivity index (χ0v) is 7.48. The number of hydrogen-bond donors (Lipinski definition) is 0. The number of allylic oxidation sites excluding steroid dienone is 1. The van der Waals surface area contributed by atoms with Crippen molar-refractivity contribution in [3.05, 3.63) is 11.8 Å². The van der Waals surface area contributed by atoms with Gasteiger partial charge in [0.1, 0.15) is 0 Å². The molecule has 1 heteroatoms. The van der Waals surface area contributed by atoms with Crippen LogP contribution >= 0.6 is 0 Å². The van der Waals surface area contributed by atoms with E-state index >= 15 is 0 Å². The molecule has 0 spiro atoms. The first-order valence-electron chi connectivity index (χ1n) is 3.91. The van der Waals surface area contributed by atoms with Crippen LogP contribution in [-0.4, -0.2) is 6.61 Å². The molecule has 0 bridgehead atoms. The maximum absolute atomic E-state index is 5.29. The van der Waals surface area contributed by atoms with Gasteiger partial charge in [-0.05, 0) is 25.3 Å². The molecule has 0 aromatic carbocycles. The van der Waals surface area contributed by atoms with Crippen molar-refractivity contribution >= 4 is 0 Å². The third-order valence-electron chi connectivity index (χ3n) is 1.40. The van der Waals surface area contributed by atoms with Gasteiger partial charge in [-0.1, -0.05) is 20.3 Å². The number of hydrogen-bond acceptors (Lipinski definition) is 1. The van der Waals surface area contributed by atoms with Gasteiger partial charge in [0.15, 0.2) is 0 Å². The Labute approximate surface area is 64.1 Å². The Morgan fingerprint density at radius 3 is 2.50 bits per heavy atom. The van der Waals surface area contributed by atoms with E-state index in [4.69, 9.17) is 4.74 Å². The lowest BCUT2D eigenvalue weighted by molar-refractivity contribution is 0.198. The smallest absolute Gasteiger partial charge is 0.0898 e. The molecule has 60 valence electrons. The summed E-state index contributed by atoms with van der Waals surface area (Å²) in [4.78, 5) is 0. The fourth-order valence-electron chi connectivity index (χ4n) is 0.497. The third kappa shape index (κ3) is 5.67. The minimum Gasteiger partial charge on any atom is -0.501 e. The molecule has 10 heavy (non-hydrogen) atoms. The van der Waals surface area contributed by atoms with Crippen molar-refractivity contribution in [3.8, 4) is 0 Å². The third-order valence-corrected chi connectivity index (χ3v) is 1.40. The summed E-state index contributed by atoms with van der Waals surface area (Å²) in [5.74, 6) is 0.676. The minimum absolute atomic E-state index is 0.676. The van der Waals surface area contributed by atoms with Gasteiger partial charge in [0.2, 0.25) is 0 Å². The summed E-state index contributed by atoms with van der Waals surface area (Å²) < 4.78 is 5.29. The summed E-state index contributed by atoms with van der Waals surface area (Å²) in [5.41, 5.74) is 1.23. The zero-order chi connectivity index (χ0) is 7.98. The highest BCUT2D eigenvalue weighted by atomic mass is 16.5. The van der Waals surface area contributed by atoms with E-state index in [-0.39, 0.29) is 0 Å². The lowest BCUT2D eigenvalue weighted by Crippen LogP contribution is -2.00. The van der Waals surface area contributed by atoms with Crippen LogP contribution in [-0.2, 0) is 4.74 Å². The van der Waals surface area contributed by atoms with E-state index in [2.05, 4.69) is 13.8 Å². The maximum Gasteiger partial charge on any atom is 0.0898 e. The van der Waals surface area contributed by atoms with E-state index in [0.717, 1.165) is 6.61 Å². The molecule has 1 atom stereocenters. The van der Waals surface area contributed by atoms with Crippen LogP contribution in [0, 0.1) is 5.92 Å². The average molecular weight is 142 g/mol. The van der Waals surface area contributed by atoms with Crippen molar-refractivity contribution in [3.63, 3.8) is 0 Å². The molecule has 0 N–H and O–H groups in total. The summed E-state index contributed by atoms with van der Waals surface area (Å²) in [6.45, 7) is 9.30. The summed E-state index contributed by atoms with van der Waals surface area (Å²) in [6.07, 6.45) is 3.02. The van der Waals surface area contributed by atoms with Gasteiger partial charge in [-0.2, -0.15) is 0 Å². The van der Waals surface area contributed by atoms with Crippen molar-refractivity contribution in [2.75, 3.05) is 6.61 Å². The highest BCUT2D eigenvalue weighted by Gasteiger charge is 1.95. The van der Waals surface area contributed by atoms with E-state index in [1.165, 1.54) is 12.0 Å². The average Bonchev–Trinajstić information content (AvgIpc) is 1.87. The second kappa shape index (κ2) is 5.33. The van der Waals surface area contributed by atoms with Gasteiger partial charge in [-0.15, -0.1) is 0 Å². The molecule has 0 rings (SSSR count). The lowest BCUT2D eigenvalue weighted by Gasteiger charge is -2.06. The molecule has 0 aliphatic heterocycles. The Bertz CT molecular complexity index is 101. The first-order chi connectivity index (χ1) is 4.66. The van der Waals surface area contributed by atoms with Gasteiger partial charge in [-0.25, -0.2) is 0 Å². The summed E-state index contributed by atoms with van der Waals surface area (Å²) in [7, 11) is 0. The van der Waals surface area contributed by atoms with Gasteiger partial charge < -0.3 is 4.74 Å². The molecular weight excluding hydrogens is 124 g/mol. The topological polar surface area (TPSA) is 9.23 Å². The molecule has 0 aromatic rings. The minimum atomic E-state index is 0.676. The molecular formula is C9H18O. The van der Waals surface area contributed by atoms with Gasteiger partial charge in [0, 0.05) is 0 Å². The Kier molecular flexibility index (Phi) is 5.09. The Balaban J connectivity index is 3.28. The summed E-state index contributed by atoms with van der Waals surface area (Å²) >= 11 is 0. The Morgan fingerprint density at radius 1 is 1.50 bits per heavy atom. The van der Waals surface area contributed by atoms with Gasteiger partial charge in [0.25, 0.3) is 0 Å². The molecule has 0 aliphatic carbocycles. The number of rotatable bonds is 4. The SMILES string of the molecule is CC[C@@H](C)COC=C(C)C. The van der Waals surface area contributed by atoms with Crippen LogP contribution in [0.2, 0.25) is 0 Å². The Morgan fingerprint density at radius 2 is 2.10 bits per heavy atom. The van der Waals surface area contributed by atoms with E-state index < -0.39 is 0 Å². The fourth-order valence-corrected chi connectivity index (χ4v) is 0.497. The lowest BCUT2D eigenvalue weighted by atomic mass is 10.1. The first kappa shape index (κ1) is 9.54. The highest BCUT2D eigenvalue weighted by Crippen LogP contribution is 2.01. The molecule has 0 radical (unpaired) electrons. The fraction of sp³-hybridized carbons (Fsp3) is 0.778. The first-order valence-corrected chi connectivity index (χ1v) is 3.91. The summed E-state index contributed by atoms with van der Waals surface area (Å²) in [6, 6.07) is 0. The van der Waals surface area contributed by atoms with Gasteiger partial charge >= 0.3 is 0 Å². The summed E-state index contributed by atoms with van der Waals surface area (Å²) in [5, 5.41) is 0. The van der Waals surface area contributed by atoms with Crippen LogP contribution < -0.4 is 0 Å². The van der Waals surface area contributed by atoms with E-state index in [0.29, 0.717) is 5.92 Å². The highest BCUT2D eigenvalue weighted by molar-refractivity contribution is 4.86. The van der Waals surface area contributed by atoms with Crippen molar-refractivity contribution in [1.82, 2.24) is 0 Å². The molecule has 0 aliphatic rings. The predicted molar refractivity (Wildman–Crippen MR) is 44.8 cm³/mol. The van der Waals surface area contributed by atoms with Gasteiger partial charge in [0.05, 0.1) is 12.9 Å². The van der Waals surface area contributed by atoms with Crippen LogP contribution in [0.3, 0.4) is 0 Å². The number of ether oxygens (including phenoxy) is 1. The van der Waals surface area contributed by atoms with Crippen LogP contribution in [0.5, 0.6) is 0 Å². The quantitative estimate of drug-likeness (QED) is 0.548. The van der Waals surface area contributed by atoms with Crippen LogP contribution in [0.15, 0.2) is 11.8 Å². The molecule has 0 heterocycles. The van der Waals surface area contributed by atoms with Crippen molar-refractivity contribution in [2.24, 2.45) is 5.92 Å². The maximum atomic E-state index is 5.29. The van der Waals surface area contributed by atoms with Crippen LogP contribution in [0.1, 0.15) is 34.1 Å². The van der Waals surface area contributed by atoms with E-state index in [9.17, 15) is 0 Å². The van der Waals surface area contributed by atoms with E-state index in [1.807, 2.05) is 20.1 Å². The molecule has 0 fully saturated rings.